The lowest BCUT2D eigenvalue weighted by molar-refractivity contribution is -0.140. The van der Waals surface area contributed by atoms with Crippen LogP contribution in [0.2, 0.25) is 0 Å². The Hall–Kier alpha value is -2.71. The molecule has 1 aromatic heterocycles. The van der Waals surface area contributed by atoms with Gasteiger partial charge in [-0.3, -0.25) is 19.3 Å². The lowest BCUT2D eigenvalue weighted by atomic mass is 9.85. The highest BCUT2D eigenvalue weighted by Gasteiger charge is 2.57. The Kier molecular flexibility index (Phi) is 5.53. The SMILES string of the molecule is CC(C)CN1C(=O)N(C)C(=O)C12CCN(C(=O)CCc1ccc(=O)[nH]n1)CC2. The molecule has 152 valence electrons. The molecule has 0 saturated carbocycles. The average Bonchev–Trinajstić information content (AvgIpc) is 2.84. The van der Waals surface area contributed by atoms with E-state index in [0.29, 0.717) is 44.6 Å². The van der Waals surface area contributed by atoms with Gasteiger partial charge in [0, 0.05) is 45.6 Å². The second-order valence-corrected chi connectivity index (χ2v) is 7.98. The Morgan fingerprint density at radius 3 is 2.46 bits per heavy atom. The quantitative estimate of drug-likeness (QED) is 0.743. The molecule has 2 saturated heterocycles. The zero-order chi connectivity index (χ0) is 20.5. The molecule has 1 spiro atoms. The third-order valence-corrected chi connectivity index (χ3v) is 5.56. The van der Waals surface area contributed by atoms with Crippen LogP contribution in [0.3, 0.4) is 0 Å². The number of carbonyl (C=O) groups excluding carboxylic acids is 3. The molecule has 2 fully saturated rings. The van der Waals surface area contributed by atoms with Crippen molar-refractivity contribution in [3.8, 4) is 0 Å². The van der Waals surface area contributed by atoms with Crippen LogP contribution in [-0.4, -0.2) is 75.0 Å². The Morgan fingerprint density at radius 2 is 1.89 bits per heavy atom. The van der Waals surface area contributed by atoms with Crippen molar-refractivity contribution in [1.82, 2.24) is 24.9 Å². The molecule has 0 aliphatic carbocycles. The number of aromatic amines is 1. The molecule has 9 nitrogen and oxygen atoms in total. The first-order valence-electron chi connectivity index (χ1n) is 9.67. The van der Waals surface area contributed by atoms with E-state index in [9.17, 15) is 19.2 Å². The smallest absolute Gasteiger partial charge is 0.327 e. The van der Waals surface area contributed by atoms with E-state index < -0.39 is 5.54 Å². The highest BCUT2D eigenvalue weighted by molar-refractivity contribution is 6.07. The molecule has 0 unspecified atom stereocenters. The number of nitrogens with zero attached hydrogens (tertiary/aromatic N) is 4. The monoisotopic (exact) mass is 389 g/mol. The minimum Gasteiger partial charge on any atom is -0.342 e. The number of piperidine rings is 1. The number of rotatable bonds is 5. The fourth-order valence-electron chi connectivity index (χ4n) is 4.01. The van der Waals surface area contributed by atoms with Crippen LogP contribution >= 0.6 is 0 Å². The zero-order valence-corrected chi connectivity index (χ0v) is 16.6. The van der Waals surface area contributed by atoms with Crippen molar-refractivity contribution < 1.29 is 14.4 Å². The summed E-state index contributed by atoms with van der Waals surface area (Å²) in [4.78, 5) is 53.6. The number of imide groups is 1. The number of H-pyrrole nitrogens is 1. The fourth-order valence-corrected chi connectivity index (χ4v) is 4.01. The first-order valence-corrected chi connectivity index (χ1v) is 9.67. The largest absolute Gasteiger partial charge is 0.342 e. The van der Waals surface area contributed by atoms with Crippen molar-refractivity contribution in [1.29, 1.82) is 0 Å². The lowest BCUT2D eigenvalue weighted by Crippen LogP contribution is -2.58. The number of urea groups is 1. The van der Waals surface area contributed by atoms with Gasteiger partial charge in [0.2, 0.25) is 5.91 Å². The molecule has 0 atom stereocenters. The fraction of sp³-hybridized carbons (Fsp3) is 0.632. The van der Waals surface area contributed by atoms with E-state index in [4.69, 9.17) is 0 Å². The summed E-state index contributed by atoms with van der Waals surface area (Å²) in [6.07, 6.45) is 1.64. The molecule has 4 amide bonds. The predicted octanol–water partition coefficient (Wildman–Crippen LogP) is 0.614. The molecule has 3 rings (SSSR count). The van der Waals surface area contributed by atoms with Gasteiger partial charge in [0.25, 0.3) is 11.5 Å². The van der Waals surface area contributed by atoms with Crippen LogP contribution in [0.4, 0.5) is 4.79 Å². The van der Waals surface area contributed by atoms with Crippen molar-refractivity contribution in [2.45, 2.75) is 45.1 Å². The Morgan fingerprint density at radius 1 is 1.21 bits per heavy atom. The van der Waals surface area contributed by atoms with E-state index >= 15 is 0 Å². The molecule has 28 heavy (non-hydrogen) atoms. The van der Waals surface area contributed by atoms with Crippen LogP contribution < -0.4 is 5.56 Å². The number of hydrogen-bond donors (Lipinski definition) is 1. The number of aryl methyl sites for hydroxylation is 1. The maximum atomic E-state index is 12.8. The number of likely N-dealkylation sites (tertiary alicyclic amines) is 1. The maximum absolute atomic E-state index is 12.8. The summed E-state index contributed by atoms with van der Waals surface area (Å²) < 4.78 is 0. The van der Waals surface area contributed by atoms with E-state index in [1.165, 1.54) is 18.0 Å². The first-order chi connectivity index (χ1) is 13.2. The highest BCUT2D eigenvalue weighted by atomic mass is 16.2. The Balaban J connectivity index is 1.62. The summed E-state index contributed by atoms with van der Waals surface area (Å²) in [6.45, 7) is 5.46. The minimum absolute atomic E-state index is 0.0108. The number of aromatic nitrogens is 2. The third-order valence-electron chi connectivity index (χ3n) is 5.56. The first kappa shape index (κ1) is 20.0. The van der Waals surface area contributed by atoms with Crippen LogP contribution in [0, 0.1) is 5.92 Å². The Labute approximate surface area is 163 Å². The number of likely N-dealkylation sites (N-methyl/N-ethyl adjacent to an activating group) is 1. The third kappa shape index (κ3) is 3.65. The van der Waals surface area contributed by atoms with Crippen molar-refractivity contribution >= 4 is 17.8 Å². The molecular weight excluding hydrogens is 362 g/mol. The summed E-state index contributed by atoms with van der Waals surface area (Å²) in [5, 5.41) is 6.27. The van der Waals surface area contributed by atoms with Crippen LogP contribution in [0.1, 0.15) is 38.8 Å². The van der Waals surface area contributed by atoms with Gasteiger partial charge in [-0.05, 0) is 24.8 Å². The van der Waals surface area contributed by atoms with Crippen LogP contribution in [0.25, 0.3) is 0 Å². The molecule has 3 heterocycles. The van der Waals surface area contributed by atoms with E-state index in [-0.39, 0.29) is 35.7 Å². The van der Waals surface area contributed by atoms with Crippen molar-refractivity contribution in [3.05, 3.63) is 28.2 Å². The molecule has 0 aromatic carbocycles. The number of amides is 4. The van der Waals surface area contributed by atoms with Gasteiger partial charge in [-0.15, -0.1) is 0 Å². The van der Waals surface area contributed by atoms with Gasteiger partial charge in [0.1, 0.15) is 5.54 Å². The predicted molar refractivity (Wildman–Crippen MR) is 101 cm³/mol. The Bertz CT molecular complexity index is 805. The van der Waals surface area contributed by atoms with Crippen molar-refractivity contribution in [2.75, 3.05) is 26.7 Å². The van der Waals surface area contributed by atoms with E-state index in [1.54, 1.807) is 15.9 Å². The minimum atomic E-state index is -0.826. The van der Waals surface area contributed by atoms with Gasteiger partial charge in [-0.1, -0.05) is 13.8 Å². The summed E-state index contributed by atoms with van der Waals surface area (Å²) in [5.74, 6) is 0.0793. The molecule has 2 aliphatic heterocycles. The van der Waals surface area contributed by atoms with Crippen molar-refractivity contribution in [3.63, 3.8) is 0 Å². The second-order valence-electron chi connectivity index (χ2n) is 7.98. The van der Waals surface area contributed by atoms with Gasteiger partial charge < -0.3 is 9.80 Å². The van der Waals surface area contributed by atoms with Gasteiger partial charge in [-0.25, -0.2) is 9.89 Å². The lowest BCUT2D eigenvalue weighted by Gasteiger charge is -2.42. The standard InChI is InChI=1S/C19H27N5O4/c1-13(2)12-24-18(28)22(3)17(27)19(24)8-10-23(11-9-19)16(26)7-5-14-4-6-15(25)21-20-14/h4,6,13H,5,7-12H2,1-3H3,(H,21,25). The summed E-state index contributed by atoms with van der Waals surface area (Å²) in [6, 6.07) is 2.75. The van der Waals surface area contributed by atoms with Gasteiger partial charge in [-0.2, -0.15) is 5.10 Å². The molecule has 1 aromatic rings. The summed E-state index contributed by atoms with van der Waals surface area (Å²) >= 11 is 0. The summed E-state index contributed by atoms with van der Waals surface area (Å²) in [5.41, 5.74) is -0.446. The van der Waals surface area contributed by atoms with Crippen molar-refractivity contribution in [2.24, 2.45) is 5.92 Å². The van der Waals surface area contributed by atoms with E-state index in [1.807, 2.05) is 13.8 Å². The average molecular weight is 389 g/mol. The molecular formula is C19H27N5O4. The summed E-state index contributed by atoms with van der Waals surface area (Å²) in [7, 11) is 1.53. The topological polar surface area (TPSA) is 107 Å². The molecule has 9 heteroatoms. The normalized spacial score (nSPS) is 19.2. The molecule has 2 aliphatic rings. The van der Waals surface area contributed by atoms with E-state index in [0.717, 1.165) is 0 Å². The zero-order valence-electron chi connectivity index (χ0n) is 16.6. The second kappa shape index (κ2) is 7.73. The van der Waals surface area contributed by atoms with Crippen LogP contribution in [-0.2, 0) is 16.0 Å². The highest BCUT2D eigenvalue weighted by Crippen LogP contribution is 2.37. The maximum Gasteiger partial charge on any atom is 0.327 e. The van der Waals surface area contributed by atoms with Gasteiger partial charge in [0.05, 0.1) is 5.69 Å². The number of nitrogens with one attached hydrogen (secondary N) is 1. The van der Waals surface area contributed by atoms with Crippen LogP contribution in [0.15, 0.2) is 16.9 Å². The van der Waals surface area contributed by atoms with Gasteiger partial charge >= 0.3 is 6.03 Å². The van der Waals surface area contributed by atoms with E-state index in [2.05, 4.69) is 10.2 Å². The molecule has 1 N–H and O–H groups in total. The van der Waals surface area contributed by atoms with Crippen LogP contribution in [0.5, 0.6) is 0 Å². The number of carbonyl (C=O) groups is 3. The van der Waals surface area contributed by atoms with Gasteiger partial charge in [0.15, 0.2) is 0 Å². The number of hydrogen-bond acceptors (Lipinski definition) is 5. The molecule has 0 bridgehead atoms. The molecule has 0 radical (unpaired) electrons.